The second-order valence-corrected chi connectivity index (χ2v) is 7.79. The number of carbonyl (C=O) groups is 2. The zero-order valence-electron chi connectivity index (χ0n) is 14.2. The summed E-state index contributed by atoms with van der Waals surface area (Å²) in [6, 6.07) is 8.26. The third-order valence-electron chi connectivity index (χ3n) is 3.71. The number of likely N-dealkylation sites (N-methyl/N-ethyl adjacent to an activating group) is 1. The number of rotatable bonds is 8. The Labute approximate surface area is 161 Å². The van der Waals surface area contributed by atoms with Crippen LogP contribution in [0.2, 0.25) is 5.02 Å². The van der Waals surface area contributed by atoms with E-state index < -0.39 is 6.04 Å². The largest absolute Gasteiger partial charge is 0.340 e. The minimum absolute atomic E-state index is 0.0966. The minimum atomic E-state index is -0.570. The van der Waals surface area contributed by atoms with Gasteiger partial charge in [0.25, 0.3) is 5.91 Å². The molecule has 4 nitrogen and oxygen atoms in total. The molecule has 1 N–H and O–H groups in total. The van der Waals surface area contributed by atoms with E-state index in [9.17, 15) is 9.59 Å². The monoisotopic (exact) mass is 396 g/mol. The van der Waals surface area contributed by atoms with Gasteiger partial charge in [-0.2, -0.15) is 23.1 Å². The van der Waals surface area contributed by atoms with Crippen LogP contribution in [0.4, 0.5) is 0 Å². The van der Waals surface area contributed by atoms with Crippen LogP contribution in [-0.4, -0.2) is 41.8 Å². The maximum Gasteiger partial charge on any atom is 0.253 e. The fraction of sp³-hybridized carbons (Fsp3) is 0.333. The quantitative estimate of drug-likeness (QED) is 0.735. The summed E-state index contributed by atoms with van der Waals surface area (Å²) >= 11 is 9.33. The first-order valence-corrected chi connectivity index (χ1v) is 10.5. The number of halogens is 1. The van der Waals surface area contributed by atoms with Gasteiger partial charge in [-0.15, -0.1) is 0 Å². The van der Waals surface area contributed by atoms with Crippen LogP contribution < -0.4 is 5.32 Å². The van der Waals surface area contributed by atoms with Crippen molar-refractivity contribution in [1.29, 1.82) is 0 Å². The summed E-state index contributed by atoms with van der Waals surface area (Å²) in [5, 5.41) is 7.22. The van der Waals surface area contributed by atoms with Crippen molar-refractivity contribution < 1.29 is 9.59 Å². The van der Waals surface area contributed by atoms with Crippen LogP contribution in [-0.2, 0) is 11.3 Å². The van der Waals surface area contributed by atoms with E-state index in [1.54, 1.807) is 59.3 Å². The Morgan fingerprint density at radius 3 is 2.72 bits per heavy atom. The molecule has 1 atom stereocenters. The Morgan fingerprint density at radius 2 is 2.08 bits per heavy atom. The lowest BCUT2D eigenvalue weighted by molar-refractivity contribution is -0.132. The van der Waals surface area contributed by atoms with Crippen molar-refractivity contribution in [2.45, 2.75) is 19.0 Å². The SMILES string of the molecule is CSCCC(NC(=O)c1ccccc1Cl)C(=O)N(C)Cc1ccsc1. The Hall–Kier alpha value is -1.50. The molecule has 1 aromatic heterocycles. The zero-order chi connectivity index (χ0) is 18.2. The van der Waals surface area contributed by atoms with E-state index in [4.69, 9.17) is 11.6 Å². The van der Waals surface area contributed by atoms with Gasteiger partial charge < -0.3 is 10.2 Å². The third kappa shape index (κ3) is 5.76. The van der Waals surface area contributed by atoms with Crippen molar-refractivity contribution in [2.75, 3.05) is 19.1 Å². The van der Waals surface area contributed by atoms with Gasteiger partial charge in [0.15, 0.2) is 0 Å². The number of thiophene rings is 1. The molecule has 1 heterocycles. The Balaban J connectivity index is 2.07. The zero-order valence-corrected chi connectivity index (χ0v) is 16.6. The van der Waals surface area contributed by atoms with E-state index in [0.717, 1.165) is 11.3 Å². The summed E-state index contributed by atoms with van der Waals surface area (Å²) in [4.78, 5) is 27.0. The van der Waals surface area contributed by atoms with E-state index in [1.807, 2.05) is 23.1 Å². The van der Waals surface area contributed by atoms with E-state index in [0.29, 0.717) is 23.6 Å². The van der Waals surface area contributed by atoms with Gasteiger partial charge >= 0.3 is 0 Å². The number of nitrogens with one attached hydrogen (secondary N) is 1. The van der Waals surface area contributed by atoms with E-state index in [2.05, 4.69) is 5.32 Å². The average Bonchev–Trinajstić information content (AvgIpc) is 3.11. The van der Waals surface area contributed by atoms with Crippen molar-refractivity contribution in [3.63, 3.8) is 0 Å². The molecule has 0 aliphatic carbocycles. The summed E-state index contributed by atoms with van der Waals surface area (Å²) in [5.41, 5.74) is 1.47. The van der Waals surface area contributed by atoms with Gasteiger partial charge in [-0.05, 0) is 53.0 Å². The molecule has 0 aliphatic rings. The Bertz CT molecular complexity index is 707. The second kappa shape index (κ2) is 9.85. The number of thioether (sulfide) groups is 1. The highest BCUT2D eigenvalue weighted by Crippen LogP contribution is 2.16. The van der Waals surface area contributed by atoms with E-state index in [1.165, 1.54) is 0 Å². The molecule has 1 aromatic carbocycles. The molecule has 0 aliphatic heterocycles. The van der Waals surface area contributed by atoms with E-state index in [-0.39, 0.29) is 11.8 Å². The standard InChI is InChI=1S/C18H21ClN2O2S2/c1-21(11-13-7-10-25-12-13)18(23)16(8-9-24-2)20-17(22)14-5-3-4-6-15(14)19/h3-7,10,12,16H,8-9,11H2,1-2H3,(H,20,22). The molecule has 0 saturated heterocycles. The number of benzene rings is 1. The molecule has 2 amide bonds. The van der Waals surface area contributed by atoms with Crippen LogP contribution in [0.3, 0.4) is 0 Å². The topological polar surface area (TPSA) is 49.4 Å². The predicted octanol–water partition coefficient (Wildman–Crippen LogP) is 3.91. The van der Waals surface area contributed by atoms with Crippen LogP contribution in [0.5, 0.6) is 0 Å². The summed E-state index contributed by atoms with van der Waals surface area (Å²) in [6.45, 7) is 0.528. The molecule has 0 radical (unpaired) electrons. The Kier molecular flexibility index (Phi) is 7.81. The number of nitrogens with zero attached hydrogens (tertiary/aromatic N) is 1. The summed E-state index contributed by atoms with van der Waals surface area (Å²) in [5.74, 6) is 0.362. The molecular formula is C18H21ClN2O2S2. The van der Waals surface area contributed by atoms with Crippen LogP contribution in [0.15, 0.2) is 41.1 Å². The van der Waals surface area contributed by atoms with E-state index >= 15 is 0 Å². The first-order valence-electron chi connectivity index (χ1n) is 7.83. The van der Waals surface area contributed by atoms with Gasteiger partial charge in [-0.1, -0.05) is 23.7 Å². The van der Waals surface area contributed by atoms with Crippen molar-refractivity contribution in [3.8, 4) is 0 Å². The summed E-state index contributed by atoms with van der Waals surface area (Å²) in [7, 11) is 1.76. The highest BCUT2D eigenvalue weighted by atomic mass is 35.5. The summed E-state index contributed by atoms with van der Waals surface area (Å²) < 4.78 is 0. The van der Waals surface area contributed by atoms with Gasteiger partial charge in [0.2, 0.25) is 5.91 Å². The van der Waals surface area contributed by atoms with Gasteiger partial charge in [0, 0.05) is 13.6 Å². The molecule has 1 unspecified atom stereocenters. The molecule has 0 saturated carbocycles. The van der Waals surface area contributed by atoms with Gasteiger partial charge in [0.05, 0.1) is 10.6 Å². The number of hydrogen-bond acceptors (Lipinski definition) is 4. The number of amides is 2. The molecule has 2 aromatic rings. The van der Waals surface area contributed by atoms with Crippen LogP contribution >= 0.6 is 34.7 Å². The van der Waals surface area contributed by atoms with Crippen molar-refractivity contribution >= 4 is 46.5 Å². The van der Waals surface area contributed by atoms with Crippen molar-refractivity contribution in [1.82, 2.24) is 10.2 Å². The fourth-order valence-electron chi connectivity index (χ4n) is 2.37. The molecule has 0 spiro atoms. The maximum atomic E-state index is 12.8. The highest BCUT2D eigenvalue weighted by molar-refractivity contribution is 7.98. The lowest BCUT2D eigenvalue weighted by atomic mass is 10.1. The smallest absolute Gasteiger partial charge is 0.253 e. The molecular weight excluding hydrogens is 376 g/mol. The van der Waals surface area contributed by atoms with Crippen molar-refractivity contribution in [2.24, 2.45) is 0 Å². The van der Waals surface area contributed by atoms with Gasteiger partial charge in [-0.3, -0.25) is 9.59 Å². The first kappa shape index (κ1) is 19.8. The second-order valence-electron chi connectivity index (χ2n) is 5.61. The average molecular weight is 397 g/mol. The minimum Gasteiger partial charge on any atom is -0.340 e. The summed E-state index contributed by atoms with van der Waals surface area (Å²) in [6.07, 6.45) is 2.55. The number of carbonyl (C=O) groups excluding carboxylic acids is 2. The number of hydrogen-bond donors (Lipinski definition) is 1. The van der Waals surface area contributed by atoms with Crippen molar-refractivity contribution in [3.05, 3.63) is 57.2 Å². The van der Waals surface area contributed by atoms with Gasteiger partial charge in [0.1, 0.15) is 6.04 Å². The van der Waals surface area contributed by atoms with Crippen LogP contribution in [0, 0.1) is 0 Å². The lowest BCUT2D eigenvalue weighted by Crippen LogP contribution is -2.47. The van der Waals surface area contributed by atoms with Crippen LogP contribution in [0.1, 0.15) is 22.3 Å². The maximum absolute atomic E-state index is 12.8. The lowest BCUT2D eigenvalue weighted by Gasteiger charge is -2.24. The predicted molar refractivity (Wildman–Crippen MR) is 106 cm³/mol. The molecule has 0 fully saturated rings. The van der Waals surface area contributed by atoms with Gasteiger partial charge in [-0.25, -0.2) is 0 Å². The first-order chi connectivity index (χ1) is 12.0. The normalized spacial score (nSPS) is 11.8. The fourth-order valence-corrected chi connectivity index (χ4v) is 3.73. The molecule has 25 heavy (non-hydrogen) atoms. The Morgan fingerprint density at radius 1 is 1.32 bits per heavy atom. The highest BCUT2D eigenvalue weighted by Gasteiger charge is 2.25. The molecule has 134 valence electrons. The molecule has 2 rings (SSSR count). The third-order valence-corrected chi connectivity index (χ3v) is 5.41. The molecule has 0 bridgehead atoms. The van der Waals surface area contributed by atoms with Crippen LogP contribution in [0.25, 0.3) is 0 Å². The molecule has 7 heteroatoms.